The van der Waals surface area contributed by atoms with Gasteiger partial charge in [-0.1, -0.05) is 12.1 Å². The molecule has 0 aliphatic carbocycles. The highest BCUT2D eigenvalue weighted by molar-refractivity contribution is 5.61. The second kappa shape index (κ2) is 3.18. The molecular weight excluding hydrogens is 174 g/mol. The van der Waals surface area contributed by atoms with Crippen molar-refractivity contribution in [1.82, 2.24) is 9.97 Å². The molecular formula is C11H13N3. The average Bonchev–Trinajstić information content (AvgIpc) is 2.57. The quantitative estimate of drug-likeness (QED) is 0.719. The normalized spacial score (nSPS) is 10.4. The SMILES string of the molecule is Cc1ccc(-c2cnc(N)[nH]2)cc1C. The van der Waals surface area contributed by atoms with Gasteiger partial charge in [-0.05, 0) is 36.6 Å². The van der Waals surface area contributed by atoms with Crippen LogP contribution in [0.25, 0.3) is 11.3 Å². The standard InChI is InChI=1S/C11H13N3/c1-7-3-4-9(5-8(7)2)10-6-13-11(12)14-10/h3-6H,1-2H3,(H3,12,13,14). The number of nitrogens with two attached hydrogens (primary N) is 1. The first kappa shape index (κ1) is 8.81. The minimum atomic E-state index is 0.457. The van der Waals surface area contributed by atoms with E-state index < -0.39 is 0 Å². The van der Waals surface area contributed by atoms with Crippen molar-refractivity contribution in [2.24, 2.45) is 0 Å². The third-order valence-corrected chi connectivity index (χ3v) is 2.41. The van der Waals surface area contributed by atoms with E-state index in [0.29, 0.717) is 5.95 Å². The minimum Gasteiger partial charge on any atom is -0.369 e. The van der Waals surface area contributed by atoms with Gasteiger partial charge in [-0.15, -0.1) is 0 Å². The van der Waals surface area contributed by atoms with Gasteiger partial charge in [0.15, 0.2) is 5.95 Å². The van der Waals surface area contributed by atoms with E-state index in [4.69, 9.17) is 5.73 Å². The number of hydrogen-bond donors (Lipinski definition) is 2. The van der Waals surface area contributed by atoms with Crippen LogP contribution in [-0.4, -0.2) is 9.97 Å². The van der Waals surface area contributed by atoms with E-state index in [1.807, 2.05) is 0 Å². The molecule has 2 aromatic rings. The molecule has 0 aliphatic rings. The van der Waals surface area contributed by atoms with Crippen LogP contribution >= 0.6 is 0 Å². The predicted molar refractivity (Wildman–Crippen MR) is 57.9 cm³/mol. The summed E-state index contributed by atoms with van der Waals surface area (Å²) in [5, 5.41) is 0. The lowest BCUT2D eigenvalue weighted by Crippen LogP contribution is -1.86. The van der Waals surface area contributed by atoms with Gasteiger partial charge in [0.2, 0.25) is 0 Å². The molecule has 0 radical (unpaired) electrons. The second-order valence-corrected chi connectivity index (χ2v) is 3.48. The molecule has 0 spiro atoms. The van der Waals surface area contributed by atoms with Crippen molar-refractivity contribution < 1.29 is 0 Å². The average molecular weight is 187 g/mol. The Morgan fingerprint density at radius 1 is 1.21 bits per heavy atom. The molecule has 0 saturated carbocycles. The number of nitrogen functional groups attached to an aromatic ring is 1. The van der Waals surface area contributed by atoms with Gasteiger partial charge in [-0.25, -0.2) is 4.98 Å². The Morgan fingerprint density at radius 3 is 2.57 bits per heavy atom. The van der Waals surface area contributed by atoms with Gasteiger partial charge in [-0.2, -0.15) is 0 Å². The molecule has 2 rings (SSSR count). The lowest BCUT2D eigenvalue weighted by atomic mass is 10.1. The molecule has 0 saturated heterocycles. The van der Waals surface area contributed by atoms with Crippen molar-refractivity contribution in [1.29, 1.82) is 0 Å². The van der Waals surface area contributed by atoms with E-state index in [2.05, 4.69) is 42.0 Å². The van der Waals surface area contributed by atoms with Crippen LogP contribution in [-0.2, 0) is 0 Å². The van der Waals surface area contributed by atoms with Crippen molar-refractivity contribution in [3.05, 3.63) is 35.5 Å². The van der Waals surface area contributed by atoms with E-state index in [1.54, 1.807) is 6.20 Å². The van der Waals surface area contributed by atoms with Crippen molar-refractivity contribution >= 4 is 5.95 Å². The Morgan fingerprint density at radius 2 is 2.00 bits per heavy atom. The maximum absolute atomic E-state index is 5.52. The first-order valence-electron chi connectivity index (χ1n) is 4.55. The number of nitrogens with one attached hydrogen (secondary N) is 1. The lowest BCUT2D eigenvalue weighted by molar-refractivity contribution is 1.31. The molecule has 0 unspecified atom stereocenters. The van der Waals surface area contributed by atoms with Crippen LogP contribution < -0.4 is 5.73 Å². The summed E-state index contributed by atoms with van der Waals surface area (Å²) in [5.41, 5.74) is 10.2. The van der Waals surface area contributed by atoms with Gasteiger partial charge in [0, 0.05) is 0 Å². The van der Waals surface area contributed by atoms with Gasteiger partial charge < -0.3 is 10.7 Å². The van der Waals surface area contributed by atoms with Crippen molar-refractivity contribution in [2.45, 2.75) is 13.8 Å². The Hall–Kier alpha value is -1.77. The molecule has 3 nitrogen and oxygen atoms in total. The molecule has 14 heavy (non-hydrogen) atoms. The van der Waals surface area contributed by atoms with Crippen molar-refractivity contribution in [3.63, 3.8) is 0 Å². The number of aromatic amines is 1. The Kier molecular flexibility index (Phi) is 2.00. The number of hydrogen-bond acceptors (Lipinski definition) is 2. The number of nitrogens with zero attached hydrogens (tertiary/aromatic N) is 1. The molecule has 1 aromatic heterocycles. The summed E-state index contributed by atoms with van der Waals surface area (Å²) < 4.78 is 0. The molecule has 0 bridgehead atoms. The molecule has 0 aliphatic heterocycles. The zero-order chi connectivity index (χ0) is 10.1. The Bertz CT molecular complexity index is 457. The number of aryl methyl sites for hydroxylation is 2. The zero-order valence-electron chi connectivity index (χ0n) is 8.33. The van der Waals surface area contributed by atoms with Crippen LogP contribution in [0.5, 0.6) is 0 Å². The predicted octanol–water partition coefficient (Wildman–Crippen LogP) is 2.28. The van der Waals surface area contributed by atoms with Gasteiger partial charge >= 0.3 is 0 Å². The molecule has 72 valence electrons. The first-order valence-corrected chi connectivity index (χ1v) is 4.55. The van der Waals surface area contributed by atoms with Crippen LogP contribution in [0.1, 0.15) is 11.1 Å². The van der Waals surface area contributed by atoms with Gasteiger partial charge in [0.05, 0.1) is 11.9 Å². The van der Waals surface area contributed by atoms with Crippen molar-refractivity contribution in [3.8, 4) is 11.3 Å². The van der Waals surface area contributed by atoms with E-state index in [0.717, 1.165) is 11.3 Å². The maximum Gasteiger partial charge on any atom is 0.197 e. The van der Waals surface area contributed by atoms with E-state index in [9.17, 15) is 0 Å². The third kappa shape index (κ3) is 1.48. The summed E-state index contributed by atoms with van der Waals surface area (Å²) in [7, 11) is 0. The van der Waals surface area contributed by atoms with Crippen LogP contribution in [0.3, 0.4) is 0 Å². The summed E-state index contributed by atoms with van der Waals surface area (Å²) in [4.78, 5) is 6.97. The fraction of sp³-hybridized carbons (Fsp3) is 0.182. The van der Waals surface area contributed by atoms with Gasteiger partial charge in [0.1, 0.15) is 0 Å². The van der Waals surface area contributed by atoms with E-state index >= 15 is 0 Å². The number of aromatic nitrogens is 2. The summed E-state index contributed by atoms with van der Waals surface area (Å²) in [6.45, 7) is 4.19. The number of imidazole rings is 1. The molecule has 0 amide bonds. The smallest absolute Gasteiger partial charge is 0.197 e. The summed E-state index contributed by atoms with van der Waals surface area (Å²) in [6.07, 6.45) is 1.75. The van der Waals surface area contributed by atoms with Gasteiger partial charge in [0.25, 0.3) is 0 Å². The molecule has 3 N–H and O–H groups in total. The summed E-state index contributed by atoms with van der Waals surface area (Å²) in [6, 6.07) is 6.29. The van der Waals surface area contributed by atoms with E-state index in [1.165, 1.54) is 11.1 Å². The van der Waals surface area contributed by atoms with Crippen LogP contribution in [0.15, 0.2) is 24.4 Å². The summed E-state index contributed by atoms with van der Waals surface area (Å²) in [5.74, 6) is 0.457. The summed E-state index contributed by atoms with van der Waals surface area (Å²) >= 11 is 0. The minimum absolute atomic E-state index is 0.457. The topological polar surface area (TPSA) is 54.7 Å². The van der Waals surface area contributed by atoms with Crippen LogP contribution in [0.2, 0.25) is 0 Å². The van der Waals surface area contributed by atoms with Crippen LogP contribution in [0.4, 0.5) is 5.95 Å². The molecule has 1 heterocycles. The zero-order valence-corrected chi connectivity index (χ0v) is 8.33. The highest BCUT2D eigenvalue weighted by atomic mass is 15.0. The largest absolute Gasteiger partial charge is 0.369 e. The van der Waals surface area contributed by atoms with Crippen molar-refractivity contribution in [2.75, 3.05) is 5.73 Å². The Balaban J connectivity index is 2.47. The van der Waals surface area contributed by atoms with E-state index in [-0.39, 0.29) is 0 Å². The number of rotatable bonds is 1. The first-order chi connectivity index (χ1) is 6.66. The Labute approximate surface area is 83.0 Å². The highest BCUT2D eigenvalue weighted by Gasteiger charge is 2.01. The maximum atomic E-state index is 5.52. The van der Waals surface area contributed by atoms with Crippen LogP contribution in [0, 0.1) is 13.8 Å². The van der Waals surface area contributed by atoms with Gasteiger partial charge in [-0.3, -0.25) is 0 Å². The second-order valence-electron chi connectivity index (χ2n) is 3.48. The number of benzene rings is 1. The third-order valence-electron chi connectivity index (χ3n) is 2.41. The number of H-pyrrole nitrogens is 1. The molecule has 0 atom stereocenters. The molecule has 0 fully saturated rings. The molecule has 1 aromatic carbocycles. The number of anilines is 1. The highest BCUT2D eigenvalue weighted by Crippen LogP contribution is 2.20. The monoisotopic (exact) mass is 187 g/mol. The fourth-order valence-electron chi connectivity index (χ4n) is 1.39. The fourth-order valence-corrected chi connectivity index (χ4v) is 1.39. The lowest BCUT2D eigenvalue weighted by Gasteiger charge is -2.02. The molecule has 3 heteroatoms.